The first kappa shape index (κ1) is 7.39. The minimum absolute atomic E-state index is 0. The highest BCUT2D eigenvalue weighted by molar-refractivity contribution is 5.85. The lowest BCUT2D eigenvalue weighted by Crippen LogP contribution is -1.96. The zero-order valence-electron chi connectivity index (χ0n) is 10.7. The number of rotatable bonds is 2. The van der Waals surface area contributed by atoms with Crippen molar-refractivity contribution in [1.29, 1.82) is 0 Å². The predicted octanol–water partition coefficient (Wildman–Crippen LogP) is 2.80. The Labute approximate surface area is 89.7 Å². The van der Waals surface area contributed by atoms with E-state index in [0.29, 0.717) is 0 Å². The Kier molecular flexibility index (Phi) is 3.18. The minimum atomic E-state index is -2.27. The van der Waals surface area contributed by atoms with Crippen LogP contribution in [0.15, 0.2) is 23.2 Å². The molecule has 0 bridgehead atoms. The van der Waals surface area contributed by atoms with Crippen LogP contribution < -0.4 is 5.32 Å². The van der Waals surface area contributed by atoms with E-state index >= 15 is 0 Å². The summed E-state index contributed by atoms with van der Waals surface area (Å²) in [7, 11) is 0. The zero-order chi connectivity index (χ0) is 11.5. The molecule has 0 aliphatic heterocycles. The van der Waals surface area contributed by atoms with Gasteiger partial charge in [-0.15, -0.1) is 12.4 Å². The van der Waals surface area contributed by atoms with Gasteiger partial charge in [-0.3, -0.25) is 4.99 Å². The lowest BCUT2D eigenvalue weighted by atomic mass is 10.1. The molecule has 0 saturated carbocycles. The molecule has 0 aromatic heterocycles. The van der Waals surface area contributed by atoms with Gasteiger partial charge in [0, 0.05) is 16.8 Å². The van der Waals surface area contributed by atoms with Crippen molar-refractivity contribution >= 4 is 24.4 Å². The van der Waals surface area contributed by atoms with Crippen LogP contribution in [0.3, 0.4) is 0 Å². The highest BCUT2D eigenvalue weighted by atomic mass is 35.5. The molecule has 0 saturated heterocycles. The Morgan fingerprint density at radius 1 is 1.46 bits per heavy atom. The van der Waals surface area contributed by atoms with Gasteiger partial charge in [0.25, 0.3) is 0 Å². The molecule has 0 fully saturated rings. The quantitative estimate of drug-likeness (QED) is 0.578. The molecule has 0 amide bonds. The van der Waals surface area contributed by atoms with Crippen molar-refractivity contribution in [1.82, 2.24) is 0 Å². The summed E-state index contributed by atoms with van der Waals surface area (Å²) in [4.78, 5) is 3.38. The monoisotopic (exact) mass is 201 g/mol. The van der Waals surface area contributed by atoms with Gasteiger partial charge in [-0.05, 0) is 25.5 Å². The van der Waals surface area contributed by atoms with Gasteiger partial charge in [0.05, 0.1) is 6.34 Å². The number of hydrogen-bond acceptors (Lipinski definition) is 1. The first-order chi connectivity index (χ1) is 6.88. The smallest absolute Gasteiger partial charge is 0.0864 e. The molecule has 0 aliphatic rings. The summed E-state index contributed by atoms with van der Waals surface area (Å²) < 4.78 is 20.6. The third-order valence-corrected chi connectivity index (χ3v) is 1.67. The van der Waals surface area contributed by atoms with Gasteiger partial charge in [0.2, 0.25) is 0 Å². The topological polar surface area (TPSA) is 24.4 Å². The molecule has 0 unspecified atom stereocenters. The maximum absolute atomic E-state index is 6.88. The van der Waals surface area contributed by atoms with Crippen LogP contribution in [0.4, 0.5) is 5.69 Å². The van der Waals surface area contributed by atoms with Crippen molar-refractivity contribution in [3.63, 3.8) is 0 Å². The summed E-state index contributed by atoms with van der Waals surface area (Å²) in [5.74, 6) is 0. The van der Waals surface area contributed by atoms with Gasteiger partial charge >= 0.3 is 0 Å². The molecular weight excluding hydrogens is 184 g/mol. The summed E-state index contributed by atoms with van der Waals surface area (Å²) >= 11 is 0. The van der Waals surface area contributed by atoms with Crippen LogP contribution in [0, 0.1) is 13.8 Å². The van der Waals surface area contributed by atoms with E-state index in [2.05, 4.69) is 10.3 Å². The number of hydrogen-bond donors (Lipinski definition) is 1. The summed E-state index contributed by atoms with van der Waals surface area (Å²) in [6, 6.07) is 5.88. The van der Waals surface area contributed by atoms with Crippen molar-refractivity contribution in [3.05, 3.63) is 29.3 Å². The maximum atomic E-state index is 6.88. The van der Waals surface area contributed by atoms with E-state index in [9.17, 15) is 0 Å². The van der Waals surface area contributed by atoms with Crippen LogP contribution in [0.2, 0.25) is 0 Å². The van der Waals surface area contributed by atoms with E-state index < -0.39 is 6.98 Å². The normalized spacial score (nSPS) is 14.2. The van der Waals surface area contributed by atoms with Gasteiger partial charge in [0.1, 0.15) is 0 Å². The van der Waals surface area contributed by atoms with E-state index in [1.54, 1.807) is 0 Å². The summed E-state index contributed by atoms with van der Waals surface area (Å²) in [6.07, 6.45) is 1.21. The van der Waals surface area contributed by atoms with Crippen molar-refractivity contribution in [2.45, 2.75) is 13.8 Å². The Bertz CT molecular complexity index is 375. The molecule has 72 valence electrons. The van der Waals surface area contributed by atoms with E-state index in [0.717, 1.165) is 11.3 Å². The Balaban J connectivity index is 0.00000225. The van der Waals surface area contributed by atoms with Crippen LogP contribution in [0.1, 0.15) is 15.2 Å². The van der Waals surface area contributed by atoms with Gasteiger partial charge in [-0.1, -0.05) is 17.7 Å². The first-order valence-electron chi connectivity index (χ1n) is 5.26. The highest BCUT2D eigenvalue weighted by Gasteiger charge is 1.94. The van der Waals surface area contributed by atoms with E-state index in [-0.39, 0.29) is 12.4 Å². The van der Waals surface area contributed by atoms with Gasteiger partial charge in [0.15, 0.2) is 0 Å². The van der Waals surface area contributed by atoms with Crippen molar-refractivity contribution in [3.8, 4) is 0 Å². The third kappa shape index (κ3) is 3.47. The largest absolute Gasteiger partial charge is 0.347 e. The maximum Gasteiger partial charge on any atom is 0.0864 e. The zero-order valence-corrected chi connectivity index (χ0v) is 8.48. The average molecular weight is 202 g/mol. The SMILES string of the molecule is Cl.[2H]C([2H])([2H])N=CNc1ccc(C)cc1C. The lowest BCUT2D eigenvalue weighted by molar-refractivity contribution is 1.37. The van der Waals surface area contributed by atoms with Gasteiger partial charge < -0.3 is 5.32 Å². The fraction of sp³-hybridized carbons (Fsp3) is 0.300. The molecule has 0 spiro atoms. The molecule has 0 radical (unpaired) electrons. The number of halogens is 1. The second kappa shape index (κ2) is 5.60. The Morgan fingerprint density at radius 3 is 2.85 bits per heavy atom. The standard InChI is InChI=1S/C10H14N2.ClH/c1-8-4-5-10(9(2)6-8)12-7-11-3;/h4-7H,1-3H3,(H,11,12);1H/i3D3;. The Morgan fingerprint density at radius 2 is 2.23 bits per heavy atom. The van der Waals surface area contributed by atoms with E-state index in [1.165, 1.54) is 11.9 Å². The average Bonchev–Trinajstić information content (AvgIpc) is 2.07. The molecule has 1 aromatic carbocycles. The number of benzene rings is 1. The number of anilines is 1. The number of aryl methyl sites for hydroxylation is 2. The van der Waals surface area contributed by atoms with Crippen molar-refractivity contribution < 1.29 is 4.11 Å². The van der Waals surface area contributed by atoms with E-state index in [1.807, 2.05) is 32.0 Å². The van der Waals surface area contributed by atoms with Crippen molar-refractivity contribution in [2.75, 3.05) is 12.3 Å². The van der Waals surface area contributed by atoms with Crippen LogP contribution in [0.5, 0.6) is 0 Å². The fourth-order valence-electron chi connectivity index (χ4n) is 1.08. The second-order valence-electron chi connectivity index (χ2n) is 2.72. The number of nitrogens with one attached hydrogen (secondary N) is 1. The summed E-state index contributed by atoms with van der Waals surface area (Å²) in [5.41, 5.74) is 3.10. The second-order valence-corrected chi connectivity index (χ2v) is 2.72. The molecule has 0 heterocycles. The predicted molar refractivity (Wildman–Crippen MR) is 61.2 cm³/mol. The molecule has 1 rings (SSSR count). The molecule has 13 heavy (non-hydrogen) atoms. The Hall–Kier alpha value is -1.02. The molecule has 1 N–H and O–H groups in total. The lowest BCUT2D eigenvalue weighted by Gasteiger charge is -2.04. The van der Waals surface area contributed by atoms with Crippen molar-refractivity contribution in [2.24, 2.45) is 4.99 Å². The van der Waals surface area contributed by atoms with Crippen LogP contribution in [0.25, 0.3) is 0 Å². The first-order valence-corrected chi connectivity index (χ1v) is 3.76. The van der Waals surface area contributed by atoms with Crippen LogP contribution in [-0.4, -0.2) is 13.3 Å². The summed E-state index contributed by atoms with van der Waals surface area (Å²) in [5, 5.41) is 2.85. The van der Waals surface area contributed by atoms with Crippen LogP contribution in [-0.2, 0) is 0 Å². The molecule has 0 atom stereocenters. The van der Waals surface area contributed by atoms with Crippen LogP contribution >= 0.6 is 12.4 Å². The fourth-order valence-corrected chi connectivity index (χ4v) is 1.08. The van der Waals surface area contributed by atoms with E-state index in [4.69, 9.17) is 4.11 Å². The van der Waals surface area contributed by atoms with Gasteiger partial charge in [-0.2, -0.15) is 0 Å². The molecule has 2 nitrogen and oxygen atoms in total. The third-order valence-electron chi connectivity index (χ3n) is 1.67. The molecular formula is C10H15ClN2. The molecule has 0 aliphatic carbocycles. The molecule has 3 heteroatoms. The molecule has 1 aromatic rings. The number of nitrogens with zero attached hydrogens (tertiary/aromatic N) is 1. The minimum Gasteiger partial charge on any atom is -0.347 e. The highest BCUT2D eigenvalue weighted by Crippen LogP contribution is 2.14. The van der Waals surface area contributed by atoms with Gasteiger partial charge in [-0.25, -0.2) is 0 Å². The number of aliphatic imine (C=N–C) groups is 1. The summed E-state index contributed by atoms with van der Waals surface area (Å²) in [6.45, 7) is 1.69.